The standard InChI is InChI=1S/C16H20ClNO2S/c1-11-7-8-16(21-11)12(2)18-9-13(19)10-20-15-6-4-3-5-14(15)17/h3-8,12-13,18-19H,9-10H2,1-2H3. The molecule has 0 bridgehead atoms. The molecule has 0 saturated carbocycles. The number of hydrogen-bond donors (Lipinski definition) is 2. The first kappa shape index (κ1) is 16.3. The molecule has 0 radical (unpaired) electrons. The van der Waals surface area contributed by atoms with Crippen LogP contribution in [0.5, 0.6) is 5.75 Å². The van der Waals surface area contributed by atoms with E-state index in [0.29, 0.717) is 17.3 Å². The molecule has 2 aromatic rings. The van der Waals surface area contributed by atoms with Crippen LogP contribution >= 0.6 is 22.9 Å². The first-order chi connectivity index (χ1) is 10.1. The molecule has 0 amide bonds. The van der Waals surface area contributed by atoms with Crippen LogP contribution in [0.3, 0.4) is 0 Å². The van der Waals surface area contributed by atoms with Gasteiger partial charge < -0.3 is 15.2 Å². The lowest BCUT2D eigenvalue weighted by Crippen LogP contribution is -2.32. The number of aliphatic hydroxyl groups is 1. The van der Waals surface area contributed by atoms with Crippen molar-refractivity contribution in [2.45, 2.75) is 26.0 Å². The summed E-state index contributed by atoms with van der Waals surface area (Å²) in [5, 5.41) is 13.8. The average molecular weight is 326 g/mol. The summed E-state index contributed by atoms with van der Waals surface area (Å²) in [5.41, 5.74) is 0. The van der Waals surface area contributed by atoms with Gasteiger partial charge in [-0.25, -0.2) is 0 Å². The number of hydrogen-bond acceptors (Lipinski definition) is 4. The maximum Gasteiger partial charge on any atom is 0.138 e. The number of para-hydroxylation sites is 1. The minimum absolute atomic E-state index is 0.215. The van der Waals surface area contributed by atoms with Crippen molar-refractivity contribution in [3.63, 3.8) is 0 Å². The smallest absolute Gasteiger partial charge is 0.138 e. The maximum atomic E-state index is 9.98. The van der Waals surface area contributed by atoms with Gasteiger partial charge in [0.2, 0.25) is 0 Å². The summed E-state index contributed by atoms with van der Waals surface area (Å²) < 4.78 is 5.52. The Labute approximate surface area is 134 Å². The predicted molar refractivity (Wildman–Crippen MR) is 88.4 cm³/mol. The highest BCUT2D eigenvalue weighted by Gasteiger charge is 2.11. The summed E-state index contributed by atoms with van der Waals surface area (Å²) in [5.74, 6) is 0.597. The highest BCUT2D eigenvalue weighted by Crippen LogP contribution is 2.23. The molecule has 2 atom stereocenters. The summed E-state index contributed by atoms with van der Waals surface area (Å²) in [6.45, 7) is 4.87. The lowest BCUT2D eigenvalue weighted by molar-refractivity contribution is 0.104. The van der Waals surface area contributed by atoms with E-state index in [1.54, 1.807) is 23.5 Å². The van der Waals surface area contributed by atoms with Crippen molar-refractivity contribution in [1.82, 2.24) is 5.32 Å². The second-order valence-corrected chi connectivity index (χ2v) is 6.70. The first-order valence-electron chi connectivity index (χ1n) is 6.91. The summed E-state index contributed by atoms with van der Waals surface area (Å²) in [4.78, 5) is 2.56. The largest absolute Gasteiger partial charge is 0.489 e. The number of ether oxygens (including phenoxy) is 1. The van der Waals surface area contributed by atoms with E-state index in [4.69, 9.17) is 16.3 Å². The fourth-order valence-electron chi connectivity index (χ4n) is 1.91. The van der Waals surface area contributed by atoms with Gasteiger partial charge >= 0.3 is 0 Å². The zero-order chi connectivity index (χ0) is 15.2. The van der Waals surface area contributed by atoms with Crippen molar-refractivity contribution < 1.29 is 9.84 Å². The lowest BCUT2D eigenvalue weighted by atomic mass is 10.2. The highest BCUT2D eigenvalue weighted by atomic mass is 35.5. The third kappa shape index (κ3) is 5.00. The van der Waals surface area contributed by atoms with Crippen LogP contribution in [0.1, 0.15) is 22.7 Å². The SMILES string of the molecule is Cc1ccc(C(C)NCC(O)COc2ccccc2Cl)s1. The minimum atomic E-state index is -0.579. The van der Waals surface area contributed by atoms with Crippen molar-refractivity contribution in [1.29, 1.82) is 0 Å². The molecule has 2 N–H and O–H groups in total. The molecule has 2 unspecified atom stereocenters. The van der Waals surface area contributed by atoms with Crippen LogP contribution in [0.15, 0.2) is 36.4 Å². The fraction of sp³-hybridized carbons (Fsp3) is 0.375. The van der Waals surface area contributed by atoms with E-state index in [2.05, 4.69) is 31.3 Å². The zero-order valence-corrected chi connectivity index (χ0v) is 13.7. The number of aliphatic hydroxyl groups excluding tert-OH is 1. The van der Waals surface area contributed by atoms with Crippen molar-refractivity contribution >= 4 is 22.9 Å². The van der Waals surface area contributed by atoms with Crippen molar-refractivity contribution in [3.8, 4) is 5.75 Å². The number of aryl methyl sites for hydroxylation is 1. The van der Waals surface area contributed by atoms with Crippen LogP contribution in [-0.4, -0.2) is 24.4 Å². The van der Waals surface area contributed by atoms with Gasteiger partial charge in [-0.05, 0) is 38.1 Å². The van der Waals surface area contributed by atoms with E-state index >= 15 is 0 Å². The zero-order valence-electron chi connectivity index (χ0n) is 12.2. The molecule has 21 heavy (non-hydrogen) atoms. The third-order valence-electron chi connectivity index (χ3n) is 3.12. The van der Waals surface area contributed by atoms with E-state index in [0.717, 1.165) is 0 Å². The molecule has 0 aliphatic rings. The molecule has 2 rings (SSSR count). The maximum absolute atomic E-state index is 9.98. The molecule has 1 aromatic carbocycles. The quantitative estimate of drug-likeness (QED) is 0.813. The molecule has 1 aromatic heterocycles. The molecule has 114 valence electrons. The van der Waals surface area contributed by atoms with E-state index in [-0.39, 0.29) is 12.6 Å². The van der Waals surface area contributed by atoms with Gasteiger partial charge in [0.25, 0.3) is 0 Å². The van der Waals surface area contributed by atoms with Crippen LogP contribution in [-0.2, 0) is 0 Å². The molecule has 0 fully saturated rings. The summed E-state index contributed by atoms with van der Waals surface area (Å²) in [7, 11) is 0. The normalized spacial score (nSPS) is 13.9. The third-order valence-corrected chi connectivity index (χ3v) is 4.61. The van der Waals surface area contributed by atoms with Crippen molar-refractivity contribution in [3.05, 3.63) is 51.2 Å². The van der Waals surface area contributed by atoms with E-state index in [1.165, 1.54) is 9.75 Å². The van der Waals surface area contributed by atoms with Crippen LogP contribution < -0.4 is 10.1 Å². The Morgan fingerprint density at radius 1 is 1.29 bits per heavy atom. The van der Waals surface area contributed by atoms with Gasteiger partial charge in [0.1, 0.15) is 18.5 Å². The van der Waals surface area contributed by atoms with Crippen LogP contribution in [0.25, 0.3) is 0 Å². The van der Waals surface area contributed by atoms with Crippen LogP contribution in [0.4, 0.5) is 0 Å². The summed E-state index contributed by atoms with van der Waals surface area (Å²) >= 11 is 7.76. The van der Waals surface area contributed by atoms with Gasteiger partial charge in [-0.2, -0.15) is 0 Å². The Kier molecular flexibility index (Phi) is 6.06. The van der Waals surface area contributed by atoms with Crippen molar-refractivity contribution in [2.75, 3.05) is 13.2 Å². The summed E-state index contributed by atoms with van der Waals surface area (Å²) in [6, 6.07) is 11.7. The molecule has 0 aliphatic heterocycles. The topological polar surface area (TPSA) is 41.5 Å². The number of benzene rings is 1. The molecule has 0 spiro atoms. The molecular weight excluding hydrogens is 306 g/mol. The fourth-order valence-corrected chi connectivity index (χ4v) is 3.00. The Morgan fingerprint density at radius 2 is 2.05 bits per heavy atom. The Balaban J connectivity index is 1.75. The van der Waals surface area contributed by atoms with Gasteiger partial charge in [-0.15, -0.1) is 11.3 Å². The van der Waals surface area contributed by atoms with E-state index in [1.807, 2.05) is 12.1 Å². The first-order valence-corrected chi connectivity index (χ1v) is 8.11. The number of halogens is 1. The Bertz CT molecular complexity index is 573. The van der Waals surface area contributed by atoms with Gasteiger partial charge in [0.05, 0.1) is 5.02 Å². The van der Waals surface area contributed by atoms with Crippen LogP contribution in [0.2, 0.25) is 5.02 Å². The predicted octanol–water partition coefficient (Wildman–Crippen LogP) is 3.80. The van der Waals surface area contributed by atoms with E-state index in [9.17, 15) is 5.11 Å². The second-order valence-electron chi connectivity index (χ2n) is 4.97. The minimum Gasteiger partial charge on any atom is -0.489 e. The number of rotatable bonds is 7. The van der Waals surface area contributed by atoms with Gasteiger partial charge in [-0.3, -0.25) is 0 Å². The molecule has 3 nitrogen and oxygen atoms in total. The summed E-state index contributed by atoms with van der Waals surface area (Å²) in [6.07, 6.45) is -0.579. The van der Waals surface area contributed by atoms with E-state index < -0.39 is 6.10 Å². The Hall–Kier alpha value is -1.07. The second kappa shape index (κ2) is 7.80. The van der Waals surface area contributed by atoms with Crippen molar-refractivity contribution in [2.24, 2.45) is 0 Å². The van der Waals surface area contributed by atoms with Gasteiger partial charge in [-0.1, -0.05) is 23.7 Å². The molecule has 1 heterocycles. The van der Waals surface area contributed by atoms with Gasteiger partial charge in [0.15, 0.2) is 0 Å². The monoisotopic (exact) mass is 325 g/mol. The van der Waals surface area contributed by atoms with Gasteiger partial charge in [0, 0.05) is 22.3 Å². The Morgan fingerprint density at radius 3 is 2.71 bits per heavy atom. The number of nitrogens with one attached hydrogen (secondary N) is 1. The lowest BCUT2D eigenvalue weighted by Gasteiger charge is -2.17. The molecule has 0 aliphatic carbocycles. The highest BCUT2D eigenvalue weighted by molar-refractivity contribution is 7.12. The molecule has 5 heteroatoms. The molecular formula is C16H20ClNO2S. The average Bonchev–Trinajstić information content (AvgIpc) is 2.90. The number of thiophene rings is 1. The molecule has 0 saturated heterocycles. The van der Waals surface area contributed by atoms with Crippen LogP contribution in [0, 0.1) is 6.92 Å².